The molecule has 0 bridgehead atoms. The smallest absolute Gasteiger partial charge is 0.115 e. The Balaban J connectivity index is 2.07. The Morgan fingerprint density at radius 3 is 2.22 bits per heavy atom. The molecule has 0 aromatic heterocycles. The highest BCUT2D eigenvalue weighted by molar-refractivity contribution is 5.95. The Bertz CT molecular complexity index is 886. The molecule has 0 saturated carbocycles. The van der Waals surface area contributed by atoms with Gasteiger partial charge in [0, 0.05) is 0 Å². The van der Waals surface area contributed by atoms with Crippen molar-refractivity contribution in [1.29, 1.82) is 0 Å². The highest BCUT2D eigenvalue weighted by Gasteiger charge is 2.36. The zero-order valence-corrected chi connectivity index (χ0v) is 12.2. The van der Waals surface area contributed by atoms with Crippen LogP contribution in [0.5, 0.6) is 5.75 Å². The highest BCUT2D eigenvalue weighted by atomic mass is 16.4. The number of phenolic OH excluding ortho intramolecular Hbond substituents is 1. The lowest BCUT2D eigenvalue weighted by Crippen LogP contribution is -2.30. The second-order valence-electron chi connectivity index (χ2n) is 5.90. The van der Waals surface area contributed by atoms with Crippen LogP contribution in [0, 0.1) is 0 Å². The molecule has 0 saturated heterocycles. The molecule has 0 amide bonds. The van der Waals surface area contributed by atoms with E-state index in [2.05, 4.69) is 0 Å². The van der Waals surface area contributed by atoms with Gasteiger partial charge in [0.25, 0.3) is 0 Å². The van der Waals surface area contributed by atoms with Crippen LogP contribution < -0.4 is 0 Å². The van der Waals surface area contributed by atoms with Gasteiger partial charge >= 0.3 is 0 Å². The summed E-state index contributed by atoms with van der Waals surface area (Å²) in [5.74, 6) is 0.167. The monoisotopic (exact) mass is 308 g/mol. The molecule has 4 N–H and O–H groups in total. The van der Waals surface area contributed by atoms with Crippen LogP contribution in [0.15, 0.2) is 54.6 Å². The van der Waals surface area contributed by atoms with Crippen molar-refractivity contribution in [1.82, 2.24) is 0 Å². The Hall–Kier alpha value is -2.40. The molecule has 4 heteroatoms. The maximum absolute atomic E-state index is 10.5. The van der Waals surface area contributed by atoms with E-state index >= 15 is 0 Å². The van der Waals surface area contributed by atoms with Crippen molar-refractivity contribution < 1.29 is 20.4 Å². The van der Waals surface area contributed by atoms with Gasteiger partial charge in [-0.3, -0.25) is 0 Å². The quantitative estimate of drug-likeness (QED) is 0.557. The molecular weight excluding hydrogens is 292 g/mol. The zero-order valence-electron chi connectivity index (χ0n) is 12.2. The van der Waals surface area contributed by atoms with E-state index in [1.807, 2.05) is 24.3 Å². The van der Waals surface area contributed by atoms with Crippen molar-refractivity contribution in [2.45, 2.75) is 18.3 Å². The van der Waals surface area contributed by atoms with Crippen molar-refractivity contribution in [3.63, 3.8) is 0 Å². The summed E-state index contributed by atoms with van der Waals surface area (Å²) in [7, 11) is 0. The molecule has 0 heterocycles. The first-order valence-corrected chi connectivity index (χ1v) is 7.47. The number of aromatic hydroxyl groups is 1. The van der Waals surface area contributed by atoms with Crippen LogP contribution >= 0.6 is 0 Å². The van der Waals surface area contributed by atoms with Crippen LogP contribution in [0.2, 0.25) is 0 Å². The van der Waals surface area contributed by atoms with E-state index in [0.29, 0.717) is 11.1 Å². The molecule has 116 valence electrons. The zero-order chi connectivity index (χ0) is 16.1. The predicted molar refractivity (Wildman–Crippen MR) is 87.0 cm³/mol. The van der Waals surface area contributed by atoms with Gasteiger partial charge in [0.05, 0.1) is 0 Å². The lowest BCUT2D eigenvalue weighted by Gasteiger charge is -2.32. The number of aliphatic hydroxyl groups is 3. The third-order valence-corrected chi connectivity index (χ3v) is 4.56. The molecule has 0 spiro atoms. The Labute approximate surface area is 132 Å². The molecular formula is C19H16O4. The fourth-order valence-corrected chi connectivity index (χ4v) is 3.41. The normalized spacial score (nSPS) is 23.2. The van der Waals surface area contributed by atoms with Crippen LogP contribution in [-0.4, -0.2) is 26.5 Å². The predicted octanol–water partition coefficient (Wildman–Crippen LogP) is 2.65. The van der Waals surface area contributed by atoms with Gasteiger partial charge in [0.2, 0.25) is 0 Å². The van der Waals surface area contributed by atoms with Crippen molar-refractivity contribution >= 4 is 10.8 Å². The first kappa shape index (κ1) is 14.2. The number of benzene rings is 3. The molecule has 4 rings (SSSR count). The van der Waals surface area contributed by atoms with Crippen molar-refractivity contribution in [3.05, 3.63) is 65.7 Å². The molecule has 3 atom stereocenters. The van der Waals surface area contributed by atoms with Crippen molar-refractivity contribution in [2.24, 2.45) is 0 Å². The summed E-state index contributed by atoms with van der Waals surface area (Å²) < 4.78 is 0. The van der Waals surface area contributed by atoms with Gasteiger partial charge in [-0.15, -0.1) is 0 Å². The molecule has 0 fully saturated rings. The molecule has 3 aromatic rings. The SMILES string of the molecule is Oc1ccc(-c2ccc3cccc4c3c2[C@@H](O)[C@H](O)[C@H]4O)cc1. The number of rotatable bonds is 1. The van der Waals surface area contributed by atoms with Gasteiger partial charge < -0.3 is 20.4 Å². The van der Waals surface area contributed by atoms with Gasteiger partial charge in [0.15, 0.2) is 0 Å². The fourth-order valence-electron chi connectivity index (χ4n) is 3.41. The molecule has 1 aliphatic carbocycles. The van der Waals surface area contributed by atoms with Gasteiger partial charge in [-0.2, -0.15) is 0 Å². The third-order valence-electron chi connectivity index (χ3n) is 4.56. The third kappa shape index (κ3) is 2.04. The maximum atomic E-state index is 10.5. The lowest BCUT2D eigenvalue weighted by molar-refractivity contribution is -0.0647. The molecule has 0 aliphatic heterocycles. The van der Waals surface area contributed by atoms with Gasteiger partial charge in [-0.25, -0.2) is 0 Å². The van der Waals surface area contributed by atoms with E-state index in [1.54, 1.807) is 30.3 Å². The summed E-state index contributed by atoms with van der Waals surface area (Å²) in [6.07, 6.45) is -3.56. The average Bonchev–Trinajstić information content (AvgIpc) is 2.58. The number of aliphatic hydroxyl groups excluding tert-OH is 3. The summed E-state index contributed by atoms with van der Waals surface area (Å²) in [5, 5.41) is 42.2. The van der Waals surface area contributed by atoms with Crippen LogP contribution in [0.4, 0.5) is 0 Å². The van der Waals surface area contributed by atoms with E-state index in [0.717, 1.165) is 21.9 Å². The number of hydrogen-bond donors (Lipinski definition) is 4. The Morgan fingerprint density at radius 2 is 1.48 bits per heavy atom. The summed E-state index contributed by atoms with van der Waals surface area (Å²) in [4.78, 5) is 0. The van der Waals surface area contributed by atoms with Crippen LogP contribution in [-0.2, 0) is 0 Å². The minimum absolute atomic E-state index is 0.167. The summed E-state index contributed by atoms with van der Waals surface area (Å²) in [6, 6.07) is 16.0. The maximum Gasteiger partial charge on any atom is 0.115 e. The summed E-state index contributed by atoms with van der Waals surface area (Å²) in [5.41, 5.74) is 2.85. The summed E-state index contributed by atoms with van der Waals surface area (Å²) >= 11 is 0. The molecule has 23 heavy (non-hydrogen) atoms. The average molecular weight is 308 g/mol. The van der Waals surface area contributed by atoms with Crippen LogP contribution in [0.1, 0.15) is 23.3 Å². The second kappa shape index (κ2) is 5.06. The standard InChI is InChI=1S/C19H16O4/c20-12-7-4-10(5-8-12)13-9-6-11-2-1-3-14-15(11)16(13)18(22)19(23)17(14)21/h1-9,17-23H/t17-,18+,19+/m0/s1. The number of phenols is 1. The minimum atomic E-state index is -1.27. The van der Waals surface area contributed by atoms with E-state index < -0.39 is 18.3 Å². The molecule has 1 aliphatic rings. The minimum Gasteiger partial charge on any atom is -0.508 e. The van der Waals surface area contributed by atoms with Crippen LogP contribution in [0.3, 0.4) is 0 Å². The van der Waals surface area contributed by atoms with Crippen molar-refractivity contribution in [3.8, 4) is 16.9 Å². The van der Waals surface area contributed by atoms with Crippen molar-refractivity contribution in [2.75, 3.05) is 0 Å². The molecule has 0 unspecified atom stereocenters. The topological polar surface area (TPSA) is 80.9 Å². The van der Waals surface area contributed by atoms with E-state index in [9.17, 15) is 20.4 Å². The number of hydrogen-bond acceptors (Lipinski definition) is 4. The van der Waals surface area contributed by atoms with Gasteiger partial charge in [-0.05, 0) is 45.2 Å². The van der Waals surface area contributed by atoms with Gasteiger partial charge in [0.1, 0.15) is 24.1 Å². The van der Waals surface area contributed by atoms with Crippen LogP contribution in [0.25, 0.3) is 21.9 Å². The van der Waals surface area contributed by atoms with Gasteiger partial charge in [-0.1, -0.05) is 42.5 Å². The Kier molecular flexibility index (Phi) is 3.13. The molecule has 4 nitrogen and oxygen atoms in total. The Morgan fingerprint density at radius 1 is 0.739 bits per heavy atom. The summed E-state index contributed by atoms with van der Waals surface area (Å²) in [6.45, 7) is 0. The van der Waals surface area contributed by atoms with E-state index in [4.69, 9.17) is 0 Å². The highest BCUT2D eigenvalue weighted by Crippen LogP contribution is 2.45. The first-order chi connectivity index (χ1) is 11.1. The molecule has 0 radical (unpaired) electrons. The van der Waals surface area contributed by atoms with E-state index in [1.165, 1.54) is 0 Å². The lowest BCUT2D eigenvalue weighted by atomic mass is 9.79. The van der Waals surface area contributed by atoms with E-state index in [-0.39, 0.29) is 5.75 Å². The fraction of sp³-hybridized carbons (Fsp3) is 0.158. The first-order valence-electron chi connectivity index (χ1n) is 7.47. The molecule has 3 aromatic carbocycles. The second-order valence-corrected chi connectivity index (χ2v) is 5.90. The largest absolute Gasteiger partial charge is 0.508 e.